The van der Waals surface area contributed by atoms with E-state index in [9.17, 15) is 18.0 Å². The number of hydrogen-bond donors (Lipinski definition) is 1. The first-order chi connectivity index (χ1) is 13.4. The van der Waals surface area contributed by atoms with E-state index in [1.807, 2.05) is 30.3 Å². The standard InChI is InChI=1S/C20H21F3N4O.ClH/c21-20(22,23)19-25-16-8-4-5-9-17(16)27(19)14-18(28)26(13-11-24)12-10-15-6-2-1-3-7-15;/h1-9H,10-14,24H2;1H. The molecule has 0 saturated carbocycles. The number of nitrogens with zero attached hydrogens (tertiary/aromatic N) is 3. The highest BCUT2D eigenvalue weighted by Gasteiger charge is 2.38. The number of para-hydroxylation sites is 2. The van der Waals surface area contributed by atoms with E-state index in [1.54, 1.807) is 12.1 Å². The van der Waals surface area contributed by atoms with Gasteiger partial charge >= 0.3 is 6.18 Å². The summed E-state index contributed by atoms with van der Waals surface area (Å²) >= 11 is 0. The molecule has 0 spiro atoms. The molecule has 1 heterocycles. The largest absolute Gasteiger partial charge is 0.449 e. The van der Waals surface area contributed by atoms with Crippen LogP contribution in [0.25, 0.3) is 11.0 Å². The van der Waals surface area contributed by atoms with Crippen molar-refractivity contribution in [2.75, 3.05) is 19.6 Å². The van der Waals surface area contributed by atoms with Crippen molar-refractivity contribution in [3.8, 4) is 0 Å². The fraction of sp³-hybridized carbons (Fsp3) is 0.300. The number of fused-ring (bicyclic) bond motifs is 1. The van der Waals surface area contributed by atoms with Gasteiger partial charge in [-0.15, -0.1) is 12.4 Å². The highest BCUT2D eigenvalue weighted by molar-refractivity contribution is 5.85. The summed E-state index contributed by atoms with van der Waals surface area (Å²) in [6.45, 7) is 0.454. The van der Waals surface area contributed by atoms with Gasteiger partial charge in [-0.25, -0.2) is 4.98 Å². The fourth-order valence-corrected chi connectivity index (χ4v) is 3.11. The summed E-state index contributed by atoms with van der Waals surface area (Å²) in [5, 5.41) is 0. The monoisotopic (exact) mass is 426 g/mol. The van der Waals surface area contributed by atoms with Crippen molar-refractivity contribution in [1.82, 2.24) is 14.5 Å². The van der Waals surface area contributed by atoms with Crippen LogP contribution in [0.1, 0.15) is 11.4 Å². The van der Waals surface area contributed by atoms with E-state index in [0.717, 1.165) is 10.1 Å². The molecule has 0 atom stereocenters. The summed E-state index contributed by atoms with van der Waals surface area (Å²) in [5.74, 6) is -1.49. The van der Waals surface area contributed by atoms with Crippen LogP contribution in [0.3, 0.4) is 0 Å². The van der Waals surface area contributed by atoms with Crippen LogP contribution in [-0.2, 0) is 23.9 Å². The molecule has 2 N–H and O–H groups in total. The average molecular weight is 427 g/mol. The van der Waals surface area contributed by atoms with Gasteiger partial charge in [0.05, 0.1) is 11.0 Å². The number of halogens is 4. The summed E-state index contributed by atoms with van der Waals surface area (Å²) < 4.78 is 41.2. The maximum Gasteiger partial charge on any atom is 0.449 e. The molecular weight excluding hydrogens is 405 g/mol. The topological polar surface area (TPSA) is 64.2 Å². The molecule has 0 saturated heterocycles. The second kappa shape index (κ2) is 9.76. The van der Waals surface area contributed by atoms with Gasteiger partial charge in [0.1, 0.15) is 6.54 Å². The minimum absolute atomic E-state index is 0. The van der Waals surface area contributed by atoms with Crippen LogP contribution in [0.5, 0.6) is 0 Å². The van der Waals surface area contributed by atoms with Crippen LogP contribution in [0.2, 0.25) is 0 Å². The number of hydrogen-bond acceptors (Lipinski definition) is 3. The third-order valence-corrected chi connectivity index (χ3v) is 4.47. The van der Waals surface area contributed by atoms with E-state index in [0.29, 0.717) is 13.0 Å². The lowest BCUT2D eigenvalue weighted by molar-refractivity contribution is -0.148. The number of aromatic nitrogens is 2. The Morgan fingerprint density at radius 2 is 1.69 bits per heavy atom. The van der Waals surface area contributed by atoms with E-state index >= 15 is 0 Å². The van der Waals surface area contributed by atoms with Gasteiger partial charge in [0.2, 0.25) is 11.7 Å². The van der Waals surface area contributed by atoms with E-state index < -0.39 is 24.5 Å². The van der Waals surface area contributed by atoms with Gasteiger partial charge in [-0.05, 0) is 24.1 Å². The summed E-state index contributed by atoms with van der Waals surface area (Å²) in [4.78, 5) is 18.0. The Labute approximate surface area is 172 Å². The Hall–Kier alpha value is -2.58. The van der Waals surface area contributed by atoms with E-state index in [-0.39, 0.29) is 36.5 Å². The molecule has 1 aromatic heterocycles. The summed E-state index contributed by atoms with van der Waals surface area (Å²) in [5.41, 5.74) is 7.13. The van der Waals surface area contributed by atoms with Gasteiger partial charge in [-0.2, -0.15) is 13.2 Å². The summed E-state index contributed by atoms with van der Waals surface area (Å²) in [7, 11) is 0. The fourth-order valence-electron chi connectivity index (χ4n) is 3.11. The molecule has 0 unspecified atom stereocenters. The first kappa shape index (κ1) is 22.7. The molecule has 1 amide bonds. The van der Waals surface area contributed by atoms with Crippen LogP contribution >= 0.6 is 12.4 Å². The van der Waals surface area contributed by atoms with E-state index in [2.05, 4.69) is 4.98 Å². The number of amides is 1. The Kier molecular flexibility index (Phi) is 7.64. The molecule has 2 aromatic carbocycles. The Morgan fingerprint density at radius 3 is 2.34 bits per heavy atom. The van der Waals surface area contributed by atoms with Crippen LogP contribution in [0.4, 0.5) is 13.2 Å². The lowest BCUT2D eigenvalue weighted by Crippen LogP contribution is -2.39. The van der Waals surface area contributed by atoms with Crippen LogP contribution in [0.15, 0.2) is 54.6 Å². The van der Waals surface area contributed by atoms with E-state index in [4.69, 9.17) is 5.73 Å². The number of alkyl halides is 3. The van der Waals surface area contributed by atoms with Crippen molar-refractivity contribution in [3.63, 3.8) is 0 Å². The van der Waals surface area contributed by atoms with E-state index in [1.165, 1.54) is 17.0 Å². The zero-order valence-electron chi connectivity index (χ0n) is 15.6. The quantitative estimate of drug-likeness (QED) is 0.628. The van der Waals surface area contributed by atoms with Crippen molar-refractivity contribution in [3.05, 3.63) is 66.0 Å². The first-order valence-electron chi connectivity index (χ1n) is 8.94. The Morgan fingerprint density at radius 1 is 1.03 bits per heavy atom. The smallest absolute Gasteiger partial charge is 0.340 e. The van der Waals surface area contributed by atoms with Gasteiger partial charge in [0.15, 0.2) is 0 Å². The number of nitrogens with two attached hydrogens (primary N) is 1. The van der Waals surface area contributed by atoms with Crippen molar-refractivity contribution < 1.29 is 18.0 Å². The molecule has 3 aromatic rings. The van der Waals surface area contributed by atoms with Gasteiger partial charge < -0.3 is 15.2 Å². The highest BCUT2D eigenvalue weighted by atomic mass is 35.5. The predicted octanol–water partition coefficient (Wildman–Crippen LogP) is 3.51. The van der Waals surface area contributed by atoms with Crippen LogP contribution in [-0.4, -0.2) is 40.0 Å². The first-order valence-corrected chi connectivity index (χ1v) is 8.94. The molecule has 0 aliphatic carbocycles. The minimum Gasteiger partial charge on any atom is -0.340 e. The molecule has 9 heteroatoms. The molecule has 0 bridgehead atoms. The van der Waals surface area contributed by atoms with Gasteiger partial charge in [-0.1, -0.05) is 42.5 Å². The Bertz CT molecular complexity index is 944. The molecule has 0 aliphatic heterocycles. The Balaban J connectivity index is 0.00000300. The van der Waals surface area contributed by atoms with Crippen LogP contribution < -0.4 is 5.73 Å². The van der Waals surface area contributed by atoms with Crippen LogP contribution in [0, 0.1) is 0 Å². The van der Waals surface area contributed by atoms with Gasteiger partial charge in [0.25, 0.3) is 0 Å². The maximum absolute atomic E-state index is 13.4. The predicted molar refractivity (Wildman–Crippen MR) is 108 cm³/mol. The summed E-state index contributed by atoms with van der Waals surface area (Å²) in [6.07, 6.45) is -4.05. The molecular formula is C20H22ClF3N4O. The zero-order valence-corrected chi connectivity index (χ0v) is 16.4. The molecule has 0 fully saturated rings. The molecule has 156 valence electrons. The number of rotatable bonds is 7. The lowest BCUT2D eigenvalue weighted by Gasteiger charge is -2.23. The molecule has 29 heavy (non-hydrogen) atoms. The maximum atomic E-state index is 13.4. The third kappa shape index (κ3) is 5.48. The highest BCUT2D eigenvalue weighted by Crippen LogP contribution is 2.31. The zero-order chi connectivity index (χ0) is 20.1. The molecule has 0 radical (unpaired) electrons. The van der Waals surface area contributed by atoms with Crippen molar-refractivity contribution in [2.45, 2.75) is 19.1 Å². The second-order valence-corrected chi connectivity index (χ2v) is 6.41. The third-order valence-electron chi connectivity index (χ3n) is 4.47. The summed E-state index contributed by atoms with van der Waals surface area (Å²) in [6, 6.07) is 15.8. The number of carbonyl (C=O) groups is 1. The lowest BCUT2D eigenvalue weighted by atomic mass is 10.1. The second-order valence-electron chi connectivity index (χ2n) is 6.41. The molecule has 5 nitrogen and oxygen atoms in total. The number of carbonyl (C=O) groups excluding carboxylic acids is 1. The SMILES string of the molecule is Cl.NCCN(CCc1ccccc1)C(=O)Cn1c(C(F)(F)F)nc2ccccc21. The normalized spacial score (nSPS) is 11.3. The van der Waals surface area contributed by atoms with Crippen molar-refractivity contribution in [2.24, 2.45) is 5.73 Å². The number of imidazole rings is 1. The molecule has 0 aliphatic rings. The van der Waals surface area contributed by atoms with Crippen molar-refractivity contribution >= 4 is 29.3 Å². The molecule has 3 rings (SSSR count). The van der Waals surface area contributed by atoms with Crippen molar-refractivity contribution in [1.29, 1.82) is 0 Å². The average Bonchev–Trinajstić information content (AvgIpc) is 3.05. The number of benzene rings is 2. The van der Waals surface area contributed by atoms with Gasteiger partial charge in [-0.3, -0.25) is 4.79 Å². The van der Waals surface area contributed by atoms with Gasteiger partial charge in [0, 0.05) is 19.6 Å². The minimum atomic E-state index is -4.65.